The molecule has 0 aromatic rings. The van der Waals surface area contributed by atoms with Crippen LogP contribution >= 0.6 is 0 Å². The molecule has 0 radical (unpaired) electrons. The largest absolute Gasteiger partial charge is 0.466 e. The van der Waals surface area contributed by atoms with E-state index in [-0.39, 0.29) is 36.4 Å². The lowest BCUT2D eigenvalue weighted by Gasteiger charge is -2.37. The van der Waals surface area contributed by atoms with Gasteiger partial charge in [-0.25, -0.2) is 0 Å². The third-order valence-electron chi connectivity index (χ3n) is 6.52. The predicted molar refractivity (Wildman–Crippen MR) is 123 cm³/mol. The highest BCUT2D eigenvalue weighted by Crippen LogP contribution is 2.46. The van der Waals surface area contributed by atoms with Gasteiger partial charge >= 0.3 is 5.97 Å². The summed E-state index contributed by atoms with van der Waals surface area (Å²) in [5.74, 6) is -2.76. The van der Waals surface area contributed by atoms with Gasteiger partial charge in [-0.3, -0.25) is 14.4 Å². The van der Waals surface area contributed by atoms with Crippen molar-refractivity contribution in [2.45, 2.75) is 85.9 Å². The molecule has 2 N–H and O–H groups in total. The summed E-state index contributed by atoms with van der Waals surface area (Å²) in [5.41, 5.74) is -0.466. The van der Waals surface area contributed by atoms with Crippen LogP contribution in [0.2, 0.25) is 0 Å². The Labute approximate surface area is 192 Å². The Balaban J connectivity index is 2.46. The van der Waals surface area contributed by atoms with Gasteiger partial charge in [0.25, 0.3) is 0 Å². The van der Waals surface area contributed by atoms with E-state index in [0.29, 0.717) is 6.42 Å². The number of fused-ring (bicyclic) bond motifs is 1. The number of aliphatic hydroxyl groups is 1. The Morgan fingerprint density at radius 3 is 2.31 bits per heavy atom. The Bertz CT molecular complexity index is 739. The summed E-state index contributed by atoms with van der Waals surface area (Å²) >= 11 is 0. The van der Waals surface area contributed by atoms with E-state index in [0.717, 1.165) is 6.42 Å². The van der Waals surface area contributed by atoms with Crippen molar-refractivity contribution >= 4 is 17.8 Å². The molecule has 1 aliphatic carbocycles. The van der Waals surface area contributed by atoms with Crippen LogP contribution in [0, 0.1) is 29.1 Å². The van der Waals surface area contributed by atoms with Gasteiger partial charge in [0.1, 0.15) is 6.04 Å². The van der Waals surface area contributed by atoms with Gasteiger partial charge in [-0.15, -0.1) is 0 Å². The summed E-state index contributed by atoms with van der Waals surface area (Å²) < 4.78 is 5.33. The number of esters is 1. The van der Waals surface area contributed by atoms with Gasteiger partial charge in [0.05, 0.1) is 31.1 Å². The average Bonchev–Trinajstić information content (AvgIpc) is 2.97. The molecule has 0 bridgehead atoms. The minimum atomic E-state index is -0.778. The highest BCUT2D eigenvalue weighted by atomic mass is 16.5. The normalized spacial score (nSPS) is 29.0. The number of aliphatic hydroxyl groups excluding tert-OH is 1. The lowest BCUT2D eigenvalue weighted by atomic mass is 9.69. The fourth-order valence-corrected chi connectivity index (χ4v) is 5.74. The van der Waals surface area contributed by atoms with Crippen molar-refractivity contribution in [2.75, 3.05) is 13.2 Å². The van der Waals surface area contributed by atoms with Crippen molar-refractivity contribution in [3.63, 3.8) is 0 Å². The standard InChI is InChI=1S/C25H42N2O5/c1-9-16-11-12-17-19(18(16)23(31)32-10-2)22(30)27(15(3)13-28)20(17)21(29)26-25(7,8)14-24(4,5)6/h11-12,15-20,28H,9-10,13-14H2,1-8H3,(H,26,29)/t15-,16-,17+,18-,19+,20+/m1/s1. The minimum Gasteiger partial charge on any atom is -0.466 e. The molecule has 0 aromatic carbocycles. The SMILES string of the molecule is CCOC(=O)[C@H]1[C@H]2C(=O)N([C@H](C)CO)[C@H](C(=O)NC(C)(C)CC(C)(C)C)[C@H]2C=C[C@H]1CC. The first-order valence-electron chi connectivity index (χ1n) is 11.9. The molecule has 2 aliphatic rings. The summed E-state index contributed by atoms with van der Waals surface area (Å²) in [7, 11) is 0. The summed E-state index contributed by atoms with van der Waals surface area (Å²) in [6.45, 7) is 15.8. The van der Waals surface area contributed by atoms with E-state index in [1.165, 1.54) is 4.90 Å². The van der Waals surface area contributed by atoms with Gasteiger partial charge in [-0.1, -0.05) is 39.8 Å². The molecule has 7 nitrogen and oxygen atoms in total. The monoisotopic (exact) mass is 450 g/mol. The van der Waals surface area contributed by atoms with Gasteiger partial charge in [0.2, 0.25) is 11.8 Å². The van der Waals surface area contributed by atoms with E-state index in [2.05, 4.69) is 26.1 Å². The zero-order chi connectivity index (χ0) is 24.4. The molecule has 0 spiro atoms. The van der Waals surface area contributed by atoms with Crippen molar-refractivity contribution in [3.8, 4) is 0 Å². The van der Waals surface area contributed by atoms with Crippen LogP contribution in [0.15, 0.2) is 12.2 Å². The zero-order valence-electron chi connectivity index (χ0n) is 21.0. The second kappa shape index (κ2) is 9.94. The topological polar surface area (TPSA) is 95.9 Å². The van der Waals surface area contributed by atoms with E-state index in [1.54, 1.807) is 13.8 Å². The first kappa shape index (κ1) is 26.4. The van der Waals surface area contributed by atoms with Crippen molar-refractivity contribution < 1.29 is 24.2 Å². The summed E-state index contributed by atoms with van der Waals surface area (Å²) in [6.07, 6.45) is 5.35. The molecular weight excluding hydrogens is 408 g/mol. The first-order valence-corrected chi connectivity index (χ1v) is 11.9. The molecule has 0 saturated carbocycles. The number of carbonyl (C=O) groups is 3. The summed E-state index contributed by atoms with van der Waals surface area (Å²) in [5, 5.41) is 13.0. The van der Waals surface area contributed by atoms with Gasteiger partial charge in [0, 0.05) is 11.5 Å². The van der Waals surface area contributed by atoms with Crippen LogP contribution in [0.1, 0.15) is 68.2 Å². The van der Waals surface area contributed by atoms with Gasteiger partial charge in [0.15, 0.2) is 0 Å². The fourth-order valence-electron chi connectivity index (χ4n) is 5.74. The molecule has 2 rings (SSSR count). The van der Waals surface area contributed by atoms with Gasteiger partial charge in [-0.05, 0) is 51.9 Å². The highest BCUT2D eigenvalue weighted by Gasteiger charge is 2.58. The average molecular weight is 451 g/mol. The second-order valence-electron chi connectivity index (χ2n) is 11.2. The van der Waals surface area contributed by atoms with E-state index in [4.69, 9.17) is 4.74 Å². The number of allylic oxidation sites excluding steroid dienone is 1. The molecule has 6 atom stereocenters. The number of nitrogens with one attached hydrogen (secondary N) is 1. The number of rotatable bonds is 8. The van der Waals surface area contributed by atoms with Gasteiger partial charge in [-0.2, -0.15) is 0 Å². The molecule has 1 aliphatic heterocycles. The number of nitrogens with zero attached hydrogens (tertiary/aromatic N) is 1. The number of ether oxygens (including phenoxy) is 1. The lowest BCUT2D eigenvalue weighted by Crippen LogP contribution is -2.56. The lowest BCUT2D eigenvalue weighted by molar-refractivity contribution is -0.156. The Kier molecular flexibility index (Phi) is 8.19. The number of amides is 2. The van der Waals surface area contributed by atoms with Crippen LogP contribution in [0.3, 0.4) is 0 Å². The van der Waals surface area contributed by atoms with E-state index in [9.17, 15) is 19.5 Å². The fraction of sp³-hybridized carbons (Fsp3) is 0.800. The van der Waals surface area contributed by atoms with E-state index in [1.807, 2.05) is 32.9 Å². The maximum Gasteiger partial charge on any atom is 0.310 e. The number of hydrogen-bond donors (Lipinski definition) is 2. The van der Waals surface area contributed by atoms with Gasteiger partial charge < -0.3 is 20.1 Å². The second-order valence-corrected chi connectivity index (χ2v) is 11.2. The maximum absolute atomic E-state index is 13.6. The Morgan fingerprint density at radius 1 is 1.19 bits per heavy atom. The third-order valence-corrected chi connectivity index (χ3v) is 6.52. The highest BCUT2D eigenvalue weighted by molar-refractivity contribution is 5.96. The van der Waals surface area contributed by atoms with Crippen molar-refractivity contribution in [2.24, 2.45) is 29.1 Å². The molecule has 1 saturated heterocycles. The molecule has 0 unspecified atom stereocenters. The molecule has 1 fully saturated rings. The molecule has 2 amide bonds. The summed E-state index contributed by atoms with van der Waals surface area (Å²) in [6, 6.07) is -1.31. The molecular formula is C25H42N2O5. The van der Waals surface area contributed by atoms with Crippen molar-refractivity contribution in [1.82, 2.24) is 10.2 Å². The molecule has 182 valence electrons. The number of likely N-dealkylation sites (tertiary alicyclic amines) is 1. The number of hydrogen-bond acceptors (Lipinski definition) is 5. The smallest absolute Gasteiger partial charge is 0.310 e. The molecule has 32 heavy (non-hydrogen) atoms. The van der Waals surface area contributed by atoms with E-state index >= 15 is 0 Å². The van der Waals surface area contributed by atoms with Crippen LogP contribution in [0.25, 0.3) is 0 Å². The first-order chi connectivity index (χ1) is 14.8. The minimum absolute atomic E-state index is 0.0109. The molecule has 0 aromatic heterocycles. The Hall–Kier alpha value is -1.89. The third kappa shape index (κ3) is 5.53. The van der Waals surface area contributed by atoms with Crippen LogP contribution in [0.4, 0.5) is 0 Å². The molecule has 7 heteroatoms. The Morgan fingerprint density at radius 2 is 1.81 bits per heavy atom. The van der Waals surface area contributed by atoms with E-state index < -0.39 is 41.3 Å². The van der Waals surface area contributed by atoms with Crippen molar-refractivity contribution in [1.29, 1.82) is 0 Å². The number of carbonyl (C=O) groups excluding carboxylic acids is 3. The van der Waals surface area contributed by atoms with Crippen LogP contribution in [-0.4, -0.2) is 58.6 Å². The summed E-state index contributed by atoms with van der Waals surface area (Å²) in [4.78, 5) is 41.6. The van der Waals surface area contributed by atoms with Crippen molar-refractivity contribution in [3.05, 3.63) is 12.2 Å². The van der Waals surface area contributed by atoms with Crippen LogP contribution in [0.5, 0.6) is 0 Å². The predicted octanol–water partition coefficient (Wildman–Crippen LogP) is 2.92. The maximum atomic E-state index is 13.6. The zero-order valence-corrected chi connectivity index (χ0v) is 21.0. The quantitative estimate of drug-likeness (QED) is 0.438. The van der Waals surface area contributed by atoms with Crippen LogP contribution < -0.4 is 5.32 Å². The van der Waals surface area contributed by atoms with Crippen LogP contribution in [-0.2, 0) is 19.1 Å². The molecule has 1 heterocycles.